The molecule has 0 fully saturated rings. The Morgan fingerprint density at radius 1 is 1.20 bits per heavy atom. The molecule has 0 bridgehead atoms. The standard InChI is InChI=1S/C18H18N4O7S/c1-11(20-16-13-6-2-3-7-14(13)30(26,27)22-16)17(24)29-10-15(23)21-18(25)19-9-12-5-4-8-28-12/h2-8,11H,9-10H2,1H3,(H,20,22)(H2,19,21,23,25)/t11-/m0/s1. The van der Waals surface area contributed by atoms with Gasteiger partial charge in [0.1, 0.15) is 17.6 Å². The molecule has 2 heterocycles. The van der Waals surface area contributed by atoms with Gasteiger partial charge in [0.25, 0.3) is 15.9 Å². The number of urea groups is 1. The van der Waals surface area contributed by atoms with Crippen LogP contribution in [-0.4, -0.2) is 44.8 Å². The second kappa shape index (κ2) is 8.78. The summed E-state index contributed by atoms with van der Waals surface area (Å²) >= 11 is 0. The molecule has 12 heteroatoms. The van der Waals surface area contributed by atoms with Gasteiger partial charge in [-0.15, -0.1) is 0 Å². The molecule has 0 saturated carbocycles. The van der Waals surface area contributed by atoms with Crippen molar-refractivity contribution in [3.63, 3.8) is 0 Å². The van der Waals surface area contributed by atoms with E-state index in [1.165, 1.54) is 19.3 Å². The first-order valence-corrected chi connectivity index (χ1v) is 10.2. The van der Waals surface area contributed by atoms with Gasteiger partial charge in [0.2, 0.25) is 0 Å². The lowest BCUT2D eigenvalue weighted by Gasteiger charge is -2.09. The van der Waals surface area contributed by atoms with Crippen LogP contribution in [0.3, 0.4) is 0 Å². The number of benzene rings is 1. The number of carbonyl (C=O) groups excluding carboxylic acids is 3. The summed E-state index contributed by atoms with van der Waals surface area (Å²) < 4.78 is 36.2. The normalized spacial score (nSPS) is 16.2. The largest absolute Gasteiger partial charge is 0.467 e. The second-order valence-corrected chi connectivity index (χ2v) is 7.82. The maximum absolute atomic E-state index is 12.1. The predicted octanol–water partition coefficient (Wildman–Crippen LogP) is 0.276. The minimum absolute atomic E-state index is 0.0109. The molecule has 1 aliphatic rings. The van der Waals surface area contributed by atoms with Crippen LogP contribution < -0.4 is 15.4 Å². The van der Waals surface area contributed by atoms with E-state index < -0.39 is 40.6 Å². The number of furan rings is 1. The van der Waals surface area contributed by atoms with Gasteiger partial charge in [-0.05, 0) is 31.2 Å². The van der Waals surface area contributed by atoms with Gasteiger partial charge in [0.15, 0.2) is 6.61 Å². The number of sulfonamides is 1. The van der Waals surface area contributed by atoms with Crippen molar-refractivity contribution in [3.05, 3.63) is 54.0 Å². The van der Waals surface area contributed by atoms with Crippen LogP contribution in [0.15, 0.2) is 57.0 Å². The topological polar surface area (TPSA) is 156 Å². The number of aliphatic imine (C=N–C) groups is 1. The van der Waals surface area contributed by atoms with E-state index >= 15 is 0 Å². The van der Waals surface area contributed by atoms with Crippen LogP contribution in [0, 0.1) is 0 Å². The first-order chi connectivity index (χ1) is 14.3. The fourth-order valence-electron chi connectivity index (χ4n) is 2.52. The first kappa shape index (κ1) is 21.0. The third-order valence-corrected chi connectivity index (χ3v) is 5.33. The van der Waals surface area contributed by atoms with Crippen molar-refractivity contribution in [3.8, 4) is 0 Å². The van der Waals surface area contributed by atoms with Crippen LogP contribution in [0.1, 0.15) is 18.2 Å². The maximum Gasteiger partial charge on any atom is 0.331 e. The average Bonchev–Trinajstić information content (AvgIpc) is 3.31. The summed E-state index contributed by atoms with van der Waals surface area (Å²) in [5, 5.41) is 4.40. The zero-order valence-electron chi connectivity index (χ0n) is 15.7. The summed E-state index contributed by atoms with van der Waals surface area (Å²) in [6.45, 7) is 0.765. The van der Waals surface area contributed by atoms with E-state index in [9.17, 15) is 22.8 Å². The summed E-state index contributed by atoms with van der Waals surface area (Å²) in [4.78, 5) is 39.5. The number of rotatable bonds is 6. The lowest BCUT2D eigenvalue weighted by Crippen LogP contribution is -2.41. The number of carbonyl (C=O) groups is 3. The average molecular weight is 434 g/mol. The molecule has 11 nitrogen and oxygen atoms in total. The SMILES string of the molecule is C[C@H](N=C1NS(=O)(=O)c2ccccc21)C(=O)OCC(=O)NC(=O)NCc1ccco1. The zero-order chi connectivity index (χ0) is 21.7. The molecule has 3 rings (SSSR count). The van der Waals surface area contributed by atoms with Gasteiger partial charge in [-0.3, -0.25) is 19.8 Å². The molecule has 158 valence electrons. The van der Waals surface area contributed by atoms with Gasteiger partial charge in [-0.2, -0.15) is 0 Å². The maximum atomic E-state index is 12.1. The van der Waals surface area contributed by atoms with E-state index in [-0.39, 0.29) is 17.3 Å². The van der Waals surface area contributed by atoms with E-state index in [1.807, 2.05) is 5.32 Å². The minimum Gasteiger partial charge on any atom is -0.467 e. The number of hydrogen-bond donors (Lipinski definition) is 3. The van der Waals surface area contributed by atoms with Crippen molar-refractivity contribution in [2.45, 2.75) is 24.4 Å². The molecular formula is C18H18N4O7S. The van der Waals surface area contributed by atoms with E-state index in [4.69, 9.17) is 9.15 Å². The summed E-state index contributed by atoms with van der Waals surface area (Å²) in [6, 6.07) is 7.62. The zero-order valence-corrected chi connectivity index (χ0v) is 16.6. The Bertz CT molecular complexity index is 1090. The third kappa shape index (κ3) is 5.03. The van der Waals surface area contributed by atoms with Gasteiger partial charge >= 0.3 is 12.0 Å². The smallest absolute Gasteiger partial charge is 0.331 e. The van der Waals surface area contributed by atoms with Crippen LogP contribution in [-0.2, 0) is 30.9 Å². The molecule has 1 aliphatic heterocycles. The van der Waals surface area contributed by atoms with Crippen LogP contribution in [0.5, 0.6) is 0 Å². The minimum atomic E-state index is -3.74. The van der Waals surface area contributed by atoms with Crippen molar-refractivity contribution >= 4 is 33.8 Å². The summed E-state index contributed by atoms with van der Waals surface area (Å²) in [5.41, 5.74) is 0.336. The number of ether oxygens (including phenoxy) is 1. The molecule has 30 heavy (non-hydrogen) atoms. The summed E-state index contributed by atoms with van der Waals surface area (Å²) in [5.74, 6) is -1.19. The first-order valence-electron chi connectivity index (χ1n) is 8.73. The molecule has 0 spiro atoms. The number of fused-ring (bicyclic) bond motifs is 1. The molecule has 3 amide bonds. The molecule has 1 atom stereocenters. The Balaban J connectivity index is 1.49. The van der Waals surface area contributed by atoms with E-state index in [0.29, 0.717) is 11.3 Å². The highest BCUT2D eigenvalue weighted by Crippen LogP contribution is 2.22. The molecule has 0 radical (unpaired) electrons. The fourth-order valence-corrected chi connectivity index (χ4v) is 3.76. The number of amides is 3. The van der Waals surface area contributed by atoms with Crippen LogP contribution in [0.4, 0.5) is 4.79 Å². The Kier molecular flexibility index (Phi) is 6.16. The summed E-state index contributed by atoms with van der Waals surface area (Å²) in [6.07, 6.45) is 1.44. The van der Waals surface area contributed by atoms with Gasteiger partial charge < -0.3 is 14.5 Å². The highest BCUT2D eigenvalue weighted by atomic mass is 32.2. The van der Waals surface area contributed by atoms with Crippen LogP contribution in [0.2, 0.25) is 0 Å². The van der Waals surface area contributed by atoms with Crippen molar-refractivity contribution < 1.29 is 32.0 Å². The molecular weight excluding hydrogens is 416 g/mol. The number of nitrogens with one attached hydrogen (secondary N) is 3. The number of imide groups is 1. The predicted molar refractivity (Wildman–Crippen MR) is 103 cm³/mol. The number of amidine groups is 1. The molecule has 0 aliphatic carbocycles. The molecule has 0 unspecified atom stereocenters. The highest BCUT2D eigenvalue weighted by molar-refractivity contribution is 7.90. The molecule has 1 aromatic heterocycles. The highest BCUT2D eigenvalue weighted by Gasteiger charge is 2.31. The van der Waals surface area contributed by atoms with E-state index in [1.54, 1.807) is 30.3 Å². The van der Waals surface area contributed by atoms with Gasteiger partial charge in [-0.1, -0.05) is 12.1 Å². The van der Waals surface area contributed by atoms with Gasteiger partial charge in [0, 0.05) is 5.56 Å². The van der Waals surface area contributed by atoms with Crippen molar-refractivity contribution in [2.75, 3.05) is 6.61 Å². The van der Waals surface area contributed by atoms with Gasteiger partial charge in [-0.25, -0.2) is 18.0 Å². The fraction of sp³-hybridized carbons (Fsp3) is 0.222. The molecule has 2 aromatic rings. The van der Waals surface area contributed by atoms with Gasteiger partial charge in [0.05, 0.1) is 17.7 Å². The quantitative estimate of drug-likeness (QED) is 0.551. The van der Waals surface area contributed by atoms with Crippen molar-refractivity contribution in [1.82, 2.24) is 15.4 Å². The number of hydrogen-bond acceptors (Lipinski definition) is 8. The lowest BCUT2D eigenvalue weighted by molar-refractivity contribution is -0.149. The van der Waals surface area contributed by atoms with Crippen molar-refractivity contribution in [1.29, 1.82) is 0 Å². The Morgan fingerprint density at radius 2 is 1.97 bits per heavy atom. The number of esters is 1. The molecule has 1 aromatic carbocycles. The number of nitrogens with zero attached hydrogens (tertiary/aromatic N) is 1. The monoisotopic (exact) mass is 434 g/mol. The Morgan fingerprint density at radius 3 is 2.70 bits per heavy atom. The van der Waals surface area contributed by atoms with E-state index in [0.717, 1.165) is 0 Å². The molecule has 0 saturated heterocycles. The van der Waals surface area contributed by atoms with Crippen LogP contribution >= 0.6 is 0 Å². The Labute approximate surface area is 171 Å². The second-order valence-electron chi connectivity index (χ2n) is 6.17. The molecule has 3 N–H and O–H groups in total. The third-order valence-electron chi connectivity index (χ3n) is 3.93. The Hall–Kier alpha value is -3.67. The summed E-state index contributed by atoms with van der Waals surface area (Å²) in [7, 11) is -3.74. The van der Waals surface area contributed by atoms with E-state index in [2.05, 4.69) is 15.0 Å². The van der Waals surface area contributed by atoms with Crippen molar-refractivity contribution in [2.24, 2.45) is 4.99 Å². The van der Waals surface area contributed by atoms with Crippen LogP contribution in [0.25, 0.3) is 0 Å². The lowest BCUT2D eigenvalue weighted by atomic mass is 10.2.